The molecule has 0 saturated heterocycles. The first-order valence-corrected chi connectivity index (χ1v) is 11.0. The van der Waals surface area contributed by atoms with Gasteiger partial charge in [-0.1, -0.05) is 55.5 Å². The number of hydrogen-bond acceptors (Lipinski definition) is 3. The molecule has 0 unspecified atom stereocenters. The molecule has 1 amide bonds. The molecule has 146 valence electrons. The van der Waals surface area contributed by atoms with Gasteiger partial charge in [-0.05, 0) is 43.4 Å². The molecule has 27 heavy (non-hydrogen) atoms. The molecular weight excluding hydrogens is 360 g/mol. The lowest BCUT2D eigenvalue weighted by atomic mass is 10.1. The first-order chi connectivity index (χ1) is 12.8. The third-order valence-corrected chi connectivity index (χ3v) is 5.57. The van der Waals surface area contributed by atoms with Gasteiger partial charge < -0.3 is 5.32 Å². The molecule has 0 aromatic heterocycles. The zero-order valence-electron chi connectivity index (χ0n) is 16.2. The number of nitrogens with one attached hydrogen (secondary N) is 1. The lowest BCUT2D eigenvalue weighted by Gasteiger charge is -2.25. The van der Waals surface area contributed by atoms with Crippen LogP contribution in [0, 0.1) is 0 Å². The summed E-state index contributed by atoms with van der Waals surface area (Å²) < 4.78 is 25.7. The topological polar surface area (TPSA) is 66.5 Å². The van der Waals surface area contributed by atoms with Gasteiger partial charge in [0.1, 0.15) is 6.54 Å². The number of hydrogen-bond donors (Lipinski definition) is 1. The lowest BCUT2D eigenvalue weighted by molar-refractivity contribution is -0.120. The van der Waals surface area contributed by atoms with Crippen LogP contribution in [0.15, 0.2) is 54.6 Å². The van der Waals surface area contributed by atoms with E-state index in [0.29, 0.717) is 12.1 Å². The standard InChI is InChI=1S/C21H28N2O3S/c1-4-19-12-8-9-13-20(19)23(27(3,25)26)16-21(24)22-17(2)14-15-18-10-6-5-7-11-18/h5-13,17H,4,14-16H2,1-3H3,(H,22,24)/t17-/m0/s1. The van der Waals surface area contributed by atoms with Crippen molar-refractivity contribution in [1.29, 1.82) is 0 Å². The number of sulfonamides is 1. The second kappa shape index (κ2) is 9.55. The molecule has 0 radical (unpaired) electrons. The smallest absolute Gasteiger partial charge is 0.240 e. The van der Waals surface area contributed by atoms with E-state index < -0.39 is 10.0 Å². The molecule has 2 aromatic rings. The van der Waals surface area contributed by atoms with Crippen molar-refractivity contribution in [3.05, 3.63) is 65.7 Å². The number of amides is 1. The van der Waals surface area contributed by atoms with Gasteiger partial charge in [0.2, 0.25) is 15.9 Å². The molecule has 0 aliphatic carbocycles. The molecule has 2 aromatic carbocycles. The van der Waals surface area contributed by atoms with E-state index in [-0.39, 0.29) is 18.5 Å². The summed E-state index contributed by atoms with van der Waals surface area (Å²) in [5.74, 6) is -0.299. The number of carbonyl (C=O) groups excluding carboxylic acids is 1. The average molecular weight is 389 g/mol. The number of benzene rings is 2. The molecule has 2 rings (SSSR count). The number of carbonyl (C=O) groups is 1. The highest BCUT2D eigenvalue weighted by Gasteiger charge is 2.23. The van der Waals surface area contributed by atoms with Crippen LogP contribution in [0.5, 0.6) is 0 Å². The van der Waals surface area contributed by atoms with Crippen LogP contribution in [0.3, 0.4) is 0 Å². The second-order valence-electron chi connectivity index (χ2n) is 6.74. The van der Waals surface area contributed by atoms with Crippen molar-refractivity contribution in [2.75, 3.05) is 17.1 Å². The highest BCUT2D eigenvalue weighted by atomic mass is 32.2. The molecule has 0 bridgehead atoms. The van der Waals surface area contributed by atoms with Gasteiger partial charge in [-0.2, -0.15) is 0 Å². The molecule has 0 aliphatic heterocycles. The van der Waals surface area contributed by atoms with E-state index in [0.717, 1.165) is 24.7 Å². The van der Waals surface area contributed by atoms with Crippen molar-refractivity contribution < 1.29 is 13.2 Å². The number of nitrogens with zero attached hydrogens (tertiary/aromatic N) is 1. The number of aryl methyl sites for hydroxylation is 2. The fourth-order valence-electron chi connectivity index (χ4n) is 2.99. The fourth-order valence-corrected chi connectivity index (χ4v) is 3.87. The van der Waals surface area contributed by atoms with Crippen LogP contribution in [-0.4, -0.2) is 33.2 Å². The van der Waals surface area contributed by atoms with Gasteiger partial charge in [0, 0.05) is 6.04 Å². The Labute approximate surface area is 162 Å². The maximum absolute atomic E-state index is 12.5. The summed E-state index contributed by atoms with van der Waals surface area (Å²) in [6.07, 6.45) is 3.47. The van der Waals surface area contributed by atoms with E-state index in [1.165, 1.54) is 9.87 Å². The summed E-state index contributed by atoms with van der Waals surface area (Å²) in [5, 5.41) is 2.91. The predicted octanol–water partition coefficient (Wildman–Crippen LogP) is 3.15. The minimum Gasteiger partial charge on any atom is -0.352 e. The maximum atomic E-state index is 12.5. The Morgan fingerprint density at radius 2 is 1.70 bits per heavy atom. The Balaban J connectivity index is 2.01. The summed E-state index contributed by atoms with van der Waals surface area (Å²) >= 11 is 0. The predicted molar refractivity (Wildman–Crippen MR) is 110 cm³/mol. The zero-order chi connectivity index (χ0) is 19.9. The van der Waals surface area contributed by atoms with Gasteiger partial charge in [0.15, 0.2) is 0 Å². The quantitative estimate of drug-likeness (QED) is 0.718. The van der Waals surface area contributed by atoms with E-state index >= 15 is 0 Å². The first-order valence-electron chi connectivity index (χ1n) is 9.20. The monoisotopic (exact) mass is 388 g/mol. The van der Waals surface area contributed by atoms with E-state index in [2.05, 4.69) is 17.4 Å². The molecule has 0 fully saturated rings. The highest BCUT2D eigenvalue weighted by Crippen LogP contribution is 2.23. The molecule has 0 spiro atoms. The summed E-state index contributed by atoms with van der Waals surface area (Å²) in [4.78, 5) is 12.5. The normalized spacial score (nSPS) is 12.4. The summed E-state index contributed by atoms with van der Waals surface area (Å²) in [5.41, 5.74) is 2.68. The molecular formula is C21H28N2O3S. The average Bonchev–Trinajstić information content (AvgIpc) is 2.64. The zero-order valence-corrected chi connectivity index (χ0v) is 17.0. The van der Waals surface area contributed by atoms with Gasteiger partial charge in [-0.15, -0.1) is 0 Å². The van der Waals surface area contributed by atoms with Crippen molar-refractivity contribution >= 4 is 21.6 Å². The van der Waals surface area contributed by atoms with Crippen LogP contribution in [0.25, 0.3) is 0 Å². The van der Waals surface area contributed by atoms with Gasteiger partial charge in [0.25, 0.3) is 0 Å². The van der Waals surface area contributed by atoms with Crippen LogP contribution >= 0.6 is 0 Å². The van der Waals surface area contributed by atoms with E-state index in [1.807, 2.05) is 44.2 Å². The van der Waals surface area contributed by atoms with Gasteiger partial charge in [-0.3, -0.25) is 9.10 Å². The lowest BCUT2D eigenvalue weighted by Crippen LogP contribution is -2.43. The molecule has 0 heterocycles. The van der Waals surface area contributed by atoms with Gasteiger partial charge >= 0.3 is 0 Å². The van der Waals surface area contributed by atoms with Crippen molar-refractivity contribution in [1.82, 2.24) is 5.32 Å². The van der Waals surface area contributed by atoms with Crippen LogP contribution in [0.1, 0.15) is 31.4 Å². The van der Waals surface area contributed by atoms with Gasteiger partial charge in [0.05, 0.1) is 11.9 Å². The van der Waals surface area contributed by atoms with Crippen molar-refractivity contribution in [2.24, 2.45) is 0 Å². The Hall–Kier alpha value is -2.34. The van der Waals surface area contributed by atoms with Crippen molar-refractivity contribution in [3.8, 4) is 0 Å². The third kappa shape index (κ3) is 6.40. The van der Waals surface area contributed by atoms with Crippen molar-refractivity contribution in [2.45, 2.75) is 39.2 Å². The van der Waals surface area contributed by atoms with E-state index in [4.69, 9.17) is 0 Å². The SMILES string of the molecule is CCc1ccccc1N(CC(=O)N[C@@H](C)CCc1ccccc1)S(C)(=O)=O. The summed E-state index contributed by atoms with van der Waals surface area (Å²) in [6.45, 7) is 3.68. The number of rotatable bonds is 9. The van der Waals surface area contributed by atoms with Crippen LogP contribution in [0.4, 0.5) is 5.69 Å². The Morgan fingerprint density at radius 3 is 2.33 bits per heavy atom. The molecule has 0 saturated carbocycles. The van der Waals surface area contributed by atoms with Crippen LogP contribution in [0.2, 0.25) is 0 Å². The van der Waals surface area contributed by atoms with Gasteiger partial charge in [-0.25, -0.2) is 8.42 Å². The molecule has 6 heteroatoms. The molecule has 1 N–H and O–H groups in total. The molecule has 1 atom stereocenters. The number of para-hydroxylation sites is 1. The van der Waals surface area contributed by atoms with Crippen molar-refractivity contribution in [3.63, 3.8) is 0 Å². The highest BCUT2D eigenvalue weighted by molar-refractivity contribution is 7.92. The minimum atomic E-state index is -3.56. The summed E-state index contributed by atoms with van der Waals surface area (Å²) in [7, 11) is -3.56. The Bertz CT molecular complexity index is 851. The Kier molecular flexibility index (Phi) is 7.42. The van der Waals surface area contributed by atoms with E-state index in [9.17, 15) is 13.2 Å². The first kappa shape index (κ1) is 21.0. The maximum Gasteiger partial charge on any atom is 0.240 e. The third-order valence-electron chi connectivity index (χ3n) is 4.44. The molecule has 0 aliphatic rings. The largest absolute Gasteiger partial charge is 0.352 e. The second-order valence-corrected chi connectivity index (χ2v) is 8.65. The molecule has 5 nitrogen and oxygen atoms in total. The minimum absolute atomic E-state index is 0.0412. The van der Waals surface area contributed by atoms with Crippen LogP contribution < -0.4 is 9.62 Å². The van der Waals surface area contributed by atoms with E-state index in [1.54, 1.807) is 12.1 Å². The number of anilines is 1. The summed E-state index contributed by atoms with van der Waals surface area (Å²) in [6, 6.07) is 17.3. The van der Waals surface area contributed by atoms with Crippen LogP contribution in [-0.2, 0) is 27.7 Å². The fraction of sp³-hybridized carbons (Fsp3) is 0.381. The Morgan fingerprint density at radius 1 is 1.07 bits per heavy atom.